The summed E-state index contributed by atoms with van der Waals surface area (Å²) in [5, 5.41) is 11.7. The maximum atomic E-state index is 13.2. The van der Waals surface area contributed by atoms with Crippen LogP contribution in [0.3, 0.4) is 0 Å². The minimum atomic E-state index is -1.08. The molecule has 1 fully saturated rings. The standard InChI is InChI=1S/C20H17ClFN5O5/c1-31-14-8-15(32-2)13(7-12(14)21)23-16(28)9-26-18-17(24-25-26)19(29)27(20(18)30)11-5-3-10(22)4-6-11/h3-8,17-18H,9H2,1-2H3,(H,23,28)/t17-,18-/m1/s1. The summed E-state index contributed by atoms with van der Waals surface area (Å²) in [5.74, 6) is -1.55. The van der Waals surface area contributed by atoms with Crippen LogP contribution >= 0.6 is 11.6 Å². The monoisotopic (exact) mass is 461 g/mol. The van der Waals surface area contributed by atoms with Gasteiger partial charge in [-0.2, -0.15) is 5.11 Å². The number of hydrogen-bond donors (Lipinski definition) is 1. The highest BCUT2D eigenvalue weighted by atomic mass is 35.5. The molecule has 2 aromatic rings. The number of benzene rings is 2. The lowest BCUT2D eigenvalue weighted by Crippen LogP contribution is -2.43. The average molecular weight is 462 g/mol. The fourth-order valence-corrected chi connectivity index (χ4v) is 3.73. The van der Waals surface area contributed by atoms with Gasteiger partial charge >= 0.3 is 0 Å². The first-order valence-electron chi connectivity index (χ1n) is 9.36. The zero-order chi connectivity index (χ0) is 23.0. The molecule has 0 aliphatic carbocycles. The van der Waals surface area contributed by atoms with E-state index in [4.69, 9.17) is 21.1 Å². The van der Waals surface area contributed by atoms with Crippen molar-refractivity contribution >= 4 is 40.7 Å². The van der Waals surface area contributed by atoms with E-state index in [1.165, 1.54) is 38.5 Å². The highest BCUT2D eigenvalue weighted by Gasteiger charge is 2.55. The van der Waals surface area contributed by atoms with E-state index in [-0.39, 0.29) is 22.9 Å². The Morgan fingerprint density at radius 1 is 1.12 bits per heavy atom. The summed E-state index contributed by atoms with van der Waals surface area (Å²) in [6.45, 7) is -0.353. The van der Waals surface area contributed by atoms with Crippen LogP contribution < -0.4 is 19.7 Å². The number of nitrogens with zero attached hydrogens (tertiary/aromatic N) is 4. The molecule has 0 spiro atoms. The van der Waals surface area contributed by atoms with Crippen LogP contribution in [0.4, 0.5) is 15.8 Å². The first kappa shape index (κ1) is 21.5. The van der Waals surface area contributed by atoms with Crippen molar-refractivity contribution in [3.05, 3.63) is 47.2 Å². The van der Waals surface area contributed by atoms with Crippen molar-refractivity contribution < 1.29 is 28.2 Å². The van der Waals surface area contributed by atoms with Crippen LogP contribution in [0.5, 0.6) is 11.5 Å². The molecule has 0 bridgehead atoms. The van der Waals surface area contributed by atoms with E-state index in [1.54, 1.807) is 0 Å². The number of hydrogen-bond acceptors (Lipinski definition) is 8. The van der Waals surface area contributed by atoms with Gasteiger partial charge in [-0.15, -0.1) is 0 Å². The molecule has 2 heterocycles. The van der Waals surface area contributed by atoms with Crippen LogP contribution in [-0.2, 0) is 14.4 Å². The average Bonchev–Trinajstić information content (AvgIpc) is 3.28. The lowest BCUT2D eigenvalue weighted by atomic mass is 10.1. The van der Waals surface area contributed by atoms with Crippen molar-refractivity contribution in [1.82, 2.24) is 5.01 Å². The van der Waals surface area contributed by atoms with Crippen LogP contribution in [0, 0.1) is 5.82 Å². The fourth-order valence-electron chi connectivity index (χ4n) is 3.49. The Bertz CT molecular complexity index is 1130. The van der Waals surface area contributed by atoms with Crippen LogP contribution in [0.2, 0.25) is 5.02 Å². The maximum Gasteiger partial charge on any atom is 0.263 e. The van der Waals surface area contributed by atoms with Crippen LogP contribution in [-0.4, -0.2) is 55.6 Å². The summed E-state index contributed by atoms with van der Waals surface area (Å²) in [4.78, 5) is 39.1. The Balaban J connectivity index is 1.49. The Morgan fingerprint density at radius 3 is 2.47 bits per heavy atom. The molecule has 10 nitrogen and oxygen atoms in total. The van der Waals surface area contributed by atoms with Gasteiger partial charge in [0, 0.05) is 6.07 Å². The van der Waals surface area contributed by atoms with E-state index in [9.17, 15) is 18.8 Å². The van der Waals surface area contributed by atoms with Gasteiger partial charge in [0.2, 0.25) is 5.91 Å². The summed E-state index contributed by atoms with van der Waals surface area (Å²) in [5.41, 5.74) is 0.505. The molecule has 0 aromatic heterocycles. The molecule has 1 saturated heterocycles. The second-order valence-electron chi connectivity index (χ2n) is 6.92. The van der Waals surface area contributed by atoms with Gasteiger partial charge in [0.1, 0.15) is 23.9 Å². The molecule has 0 radical (unpaired) electrons. The molecule has 1 N–H and O–H groups in total. The lowest BCUT2D eigenvalue weighted by Gasteiger charge is -2.20. The molecular formula is C20H17ClFN5O5. The Hall–Kier alpha value is -3.73. The number of imide groups is 1. The number of rotatable bonds is 6. The normalized spacial score (nSPS) is 19.4. The van der Waals surface area contributed by atoms with Crippen LogP contribution in [0.15, 0.2) is 46.7 Å². The number of carbonyl (C=O) groups is 3. The zero-order valence-electron chi connectivity index (χ0n) is 16.9. The first-order chi connectivity index (χ1) is 15.3. The van der Waals surface area contributed by atoms with E-state index in [2.05, 4.69) is 15.7 Å². The van der Waals surface area contributed by atoms with Gasteiger partial charge in [0.05, 0.1) is 30.6 Å². The smallest absolute Gasteiger partial charge is 0.263 e. The van der Waals surface area contributed by atoms with Crippen molar-refractivity contribution in [2.24, 2.45) is 10.3 Å². The molecule has 0 saturated carbocycles. The third-order valence-corrected chi connectivity index (χ3v) is 5.29. The predicted molar refractivity (Wildman–Crippen MR) is 111 cm³/mol. The van der Waals surface area contributed by atoms with E-state index in [0.717, 1.165) is 22.0 Å². The summed E-state index contributed by atoms with van der Waals surface area (Å²) in [7, 11) is 2.87. The molecule has 2 aliphatic rings. The van der Waals surface area contributed by atoms with Gasteiger partial charge in [-0.05, 0) is 30.3 Å². The second-order valence-corrected chi connectivity index (χ2v) is 7.32. The number of carbonyl (C=O) groups excluding carboxylic acids is 3. The topological polar surface area (TPSA) is 113 Å². The van der Waals surface area contributed by atoms with Gasteiger partial charge in [0.25, 0.3) is 11.8 Å². The number of methoxy groups -OCH3 is 2. The van der Waals surface area contributed by atoms with Gasteiger partial charge in [-0.1, -0.05) is 16.8 Å². The van der Waals surface area contributed by atoms with Gasteiger partial charge in [-0.25, -0.2) is 9.29 Å². The Labute approximate surface area is 186 Å². The number of fused-ring (bicyclic) bond motifs is 1. The summed E-state index contributed by atoms with van der Waals surface area (Å²) >= 11 is 6.12. The van der Waals surface area contributed by atoms with Gasteiger partial charge < -0.3 is 14.8 Å². The van der Waals surface area contributed by atoms with E-state index in [0.29, 0.717) is 11.5 Å². The number of halogens is 2. The quantitative estimate of drug-likeness (QED) is 0.661. The number of nitrogens with one attached hydrogen (secondary N) is 1. The van der Waals surface area contributed by atoms with Crippen LogP contribution in [0.1, 0.15) is 0 Å². The Morgan fingerprint density at radius 2 is 1.81 bits per heavy atom. The molecule has 12 heteroatoms. The summed E-state index contributed by atoms with van der Waals surface area (Å²) < 4.78 is 23.6. The molecule has 2 atom stereocenters. The number of amides is 3. The van der Waals surface area contributed by atoms with Crippen molar-refractivity contribution in [3.63, 3.8) is 0 Å². The predicted octanol–water partition coefficient (Wildman–Crippen LogP) is 2.43. The van der Waals surface area contributed by atoms with Gasteiger partial charge in [0.15, 0.2) is 12.1 Å². The van der Waals surface area contributed by atoms with E-state index >= 15 is 0 Å². The van der Waals surface area contributed by atoms with Crippen molar-refractivity contribution in [1.29, 1.82) is 0 Å². The van der Waals surface area contributed by atoms with Crippen LogP contribution in [0.25, 0.3) is 0 Å². The molecule has 32 heavy (non-hydrogen) atoms. The fraction of sp³-hybridized carbons (Fsp3) is 0.250. The number of ether oxygens (including phenoxy) is 2. The molecule has 0 unspecified atom stereocenters. The van der Waals surface area contributed by atoms with E-state index < -0.39 is 35.6 Å². The lowest BCUT2D eigenvalue weighted by molar-refractivity contribution is -0.123. The molecular weight excluding hydrogens is 445 g/mol. The third-order valence-electron chi connectivity index (χ3n) is 5.00. The summed E-state index contributed by atoms with van der Waals surface area (Å²) in [6.07, 6.45) is 0. The zero-order valence-corrected chi connectivity index (χ0v) is 17.7. The highest BCUT2D eigenvalue weighted by molar-refractivity contribution is 6.32. The molecule has 166 valence electrons. The van der Waals surface area contributed by atoms with E-state index in [1.807, 2.05) is 0 Å². The first-order valence-corrected chi connectivity index (χ1v) is 9.74. The third kappa shape index (κ3) is 3.71. The van der Waals surface area contributed by atoms with Crippen molar-refractivity contribution in [2.75, 3.05) is 31.0 Å². The van der Waals surface area contributed by atoms with Crippen molar-refractivity contribution in [3.8, 4) is 11.5 Å². The molecule has 2 aromatic carbocycles. The minimum absolute atomic E-state index is 0.216. The molecule has 4 rings (SSSR count). The number of anilines is 2. The summed E-state index contributed by atoms with van der Waals surface area (Å²) in [6, 6.07) is 5.76. The maximum absolute atomic E-state index is 13.2. The van der Waals surface area contributed by atoms with Gasteiger partial charge in [-0.3, -0.25) is 19.4 Å². The largest absolute Gasteiger partial charge is 0.495 e. The molecule has 3 amide bonds. The molecule has 2 aliphatic heterocycles. The highest BCUT2D eigenvalue weighted by Crippen LogP contribution is 2.36. The minimum Gasteiger partial charge on any atom is -0.495 e. The SMILES string of the molecule is COc1cc(OC)c(NC(=O)CN2N=N[C@H]3C(=O)N(c4ccc(F)cc4)C(=O)[C@@H]32)cc1Cl. The Kier molecular flexibility index (Phi) is 5.66. The van der Waals surface area contributed by atoms with Crippen molar-refractivity contribution in [2.45, 2.75) is 12.1 Å². The second kappa shape index (κ2) is 8.42.